The van der Waals surface area contributed by atoms with Crippen molar-refractivity contribution in [1.29, 1.82) is 0 Å². The van der Waals surface area contributed by atoms with Crippen LogP contribution in [0.4, 0.5) is 0 Å². The van der Waals surface area contributed by atoms with Crippen LogP contribution < -0.4 is 10.7 Å². The molecule has 0 aliphatic heterocycles. The Hall–Kier alpha value is -0.430. The van der Waals surface area contributed by atoms with Crippen LogP contribution >= 0.6 is 15.9 Å². The van der Waals surface area contributed by atoms with Gasteiger partial charge in [-0.25, -0.2) is 8.42 Å². The SMILES string of the molecule is NNS(=O)(=O)c1ccc(Br)cc1. The first-order valence-corrected chi connectivity index (χ1v) is 5.32. The summed E-state index contributed by atoms with van der Waals surface area (Å²) in [5, 5.41) is 0. The molecule has 12 heavy (non-hydrogen) atoms. The highest BCUT2D eigenvalue weighted by Crippen LogP contribution is 2.13. The van der Waals surface area contributed by atoms with Gasteiger partial charge in [0.15, 0.2) is 0 Å². The Balaban J connectivity index is 3.14. The number of benzene rings is 1. The maximum Gasteiger partial charge on any atom is 0.253 e. The maximum atomic E-state index is 11.1. The number of nitrogens with two attached hydrogens (primary N) is 1. The smallest absolute Gasteiger partial charge is 0.253 e. The van der Waals surface area contributed by atoms with Gasteiger partial charge >= 0.3 is 0 Å². The third kappa shape index (κ3) is 2.04. The highest BCUT2D eigenvalue weighted by molar-refractivity contribution is 9.10. The average molecular weight is 251 g/mol. The summed E-state index contributed by atoms with van der Waals surface area (Å²) < 4.78 is 22.9. The molecule has 1 rings (SSSR count). The Labute approximate surface area is 78.9 Å². The minimum atomic E-state index is -3.51. The van der Waals surface area contributed by atoms with E-state index < -0.39 is 10.0 Å². The quantitative estimate of drug-likeness (QED) is 0.597. The Morgan fingerprint density at radius 3 is 2.17 bits per heavy atom. The summed E-state index contributed by atoms with van der Waals surface area (Å²) in [6.45, 7) is 0. The molecule has 0 aromatic heterocycles. The first-order valence-electron chi connectivity index (χ1n) is 3.04. The third-order valence-corrected chi connectivity index (χ3v) is 3.01. The van der Waals surface area contributed by atoms with Crippen LogP contribution in [0.2, 0.25) is 0 Å². The molecular weight excluding hydrogens is 244 g/mol. The minimum Gasteiger partial charge on any atom is -0.257 e. The van der Waals surface area contributed by atoms with Crippen molar-refractivity contribution in [3.8, 4) is 0 Å². The fourth-order valence-electron chi connectivity index (χ4n) is 0.682. The number of hydrogen-bond donors (Lipinski definition) is 2. The van der Waals surface area contributed by atoms with Crippen molar-refractivity contribution in [2.24, 2.45) is 5.84 Å². The monoisotopic (exact) mass is 250 g/mol. The van der Waals surface area contributed by atoms with Crippen LogP contribution in [0.1, 0.15) is 0 Å². The molecule has 3 N–H and O–H groups in total. The summed E-state index contributed by atoms with van der Waals surface area (Å²) in [5.41, 5.74) is 0. The van der Waals surface area contributed by atoms with Gasteiger partial charge in [0.1, 0.15) is 0 Å². The Bertz CT molecular complexity index is 360. The summed E-state index contributed by atoms with van der Waals surface area (Å²) in [5.74, 6) is 4.83. The molecule has 0 unspecified atom stereocenters. The van der Waals surface area contributed by atoms with Gasteiger partial charge < -0.3 is 0 Å². The standard InChI is InChI=1S/C6H7BrN2O2S/c7-5-1-3-6(4-2-5)12(10,11)9-8/h1-4,9H,8H2. The maximum absolute atomic E-state index is 11.1. The van der Waals surface area contributed by atoms with Crippen LogP contribution in [-0.2, 0) is 10.0 Å². The lowest BCUT2D eigenvalue weighted by atomic mass is 10.4. The number of hydrogen-bond acceptors (Lipinski definition) is 3. The van der Waals surface area contributed by atoms with Gasteiger partial charge in [-0.2, -0.15) is 4.83 Å². The molecule has 66 valence electrons. The van der Waals surface area contributed by atoms with E-state index in [4.69, 9.17) is 5.84 Å². The molecule has 6 heteroatoms. The molecule has 1 aromatic carbocycles. The van der Waals surface area contributed by atoms with Crippen molar-refractivity contribution >= 4 is 26.0 Å². The van der Waals surface area contributed by atoms with E-state index in [-0.39, 0.29) is 4.90 Å². The molecule has 0 atom stereocenters. The van der Waals surface area contributed by atoms with Crippen molar-refractivity contribution in [2.75, 3.05) is 0 Å². The molecule has 0 bridgehead atoms. The van der Waals surface area contributed by atoms with E-state index in [2.05, 4.69) is 15.9 Å². The van der Waals surface area contributed by atoms with E-state index >= 15 is 0 Å². The Morgan fingerprint density at radius 1 is 1.25 bits per heavy atom. The zero-order chi connectivity index (χ0) is 9.19. The highest BCUT2D eigenvalue weighted by Gasteiger charge is 2.09. The van der Waals surface area contributed by atoms with E-state index in [1.54, 1.807) is 17.0 Å². The normalized spacial score (nSPS) is 11.5. The molecule has 0 aliphatic rings. The zero-order valence-corrected chi connectivity index (χ0v) is 8.39. The summed E-state index contributed by atoms with van der Waals surface area (Å²) in [4.78, 5) is 1.88. The third-order valence-electron chi connectivity index (χ3n) is 1.28. The number of nitrogens with one attached hydrogen (secondary N) is 1. The van der Waals surface area contributed by atoms with Crippen LogP contribution in [0, 0.1) is 0 Å². The first kappa shape index (κ1) is 9.66. The summed E-state index contributed by atoms with van der Waals surface area (Å²) in [6, 6.07) is 6.17. The van der Waals surface area contributed by atoms with E-state index in [0.29, 0.717) is 0 Å². The number of rotatable bonds is 2. The van der Waals surface area contributed by atoms with Crippen molar-refractivity contribution in [1.82, 2.24) is 4.83 Å². The van der Waals surface area contributed by atoms with Crippen LogP contribution in [0.15, 0.2) is 33.6 Å². The van der Waals surface area contributed by atoms with Gasteiger partial charge in [0.25, 0.3) is 10.0 Å². The van der Waals surface area contributed by atoms with Gasteiger partial charge in [0.2, 0.25) is 0 Å². The zero-order valence-electron chi connectivity index (χ0n) is 5.99. The van der Waals surface area contributed by atoms with Crippen molar-refractivity contribution in [2.45, 2.75) is 4.90 Å². The molecule has 0 amide bonds. The van der Waals surface area contributed by atoms with Gasteiger partial charge in [-0.3, -0.25) is 5.84 Å². The van der Waals surface area contributed by atoms with Crippen LogP contribution in [0.3, 0.4) is 0 Å². The molecule has 0 aliphatic carbocycles. The number of hydrazine groups is 1. The molecule has 0 heterocycles. The van der Waals surface area contributed by atoms with Crippen LogP contribution in [0.5, 0.6) is 0 Å². The minimum absolute atomic E-state index is 0.146. The van der Waals surface area contributed by atoms with E-state index in [1.807, 2.05) is 0 Å². The molecule has 0 saturated carbocycles. The summed E-state index contributed by atoms with van der Waals surface area (Å²) >= 11 is 3.19. The van der Waals surface area contributed by atoms with Gasteiger partial charge in [-0.15, -0.1) is 0 Å². The molecule has 0 radical (unpaired) electrons. The second-order valence-corrected chi connectivity index (χ2v) is 4.70. The van der Waals surface area contributed by atoms with Crippen molar-refractivity contribution in [3.63, 3.8) is 0 Å². The second kappa shape index (κ2) is 3.53. The van der Waals surface area contributed by atoms with Crippen molar-refractivity contribution < 1.29 is 8.42 Å². The first-order chi connectivity index (χ1) is 5.56. The highest BCUT2D eigenvalue weighted by atomic mass is 79.9. The molecule has 4 nitrogen and oxygen atoms in total. The van der Waals surface area contributed by atoms with Crippen LogP contribution in [0.25, 0.3) is 0 Å². The van der Waals surface area contributed by atoms with Crippen LogP contribution in [-0.4, -0.2) is 8.42 Å². The average Bonchev–Trinajstić information content (AvgIpc) is 2.05. The number of sulfonamides is 1. The molecule has 0 spiro atoms. The summed E-state index contributed by atoms with van der Waals surface area (Å²) in [7, 11) is -3.51. The van der Waals surface area contributed by atoms with E-state index in [9.17, 15) is 8.42 Å². The van der Waals surface area contributed by atoms with Gasteiger partial charge in [0.05, 0.1) is 4.90 Å². The number of halogens is 1. The Kier molecular flexibility index (Phi) is 2.84. The second-order valence-electron chi connectivity index (χ2n) is 2.08. The van der Waals surface area contributed by atoms with Gasteiger partial charge in [-0.05, 0) is 24.3 Å². The molecule has 1 aromatic rings. The lowest BCUT2D eigenvalue weighted by Crippen LogP contribution is -2.30. The largest absolute Gasteiger partial charge is 0.257 e. The Morgan fingerprint density at radius 2 is 1.75 bits per heavy atom. The lowest BCUT2D eigenvalue weighted by molar-refractivity contribution is 0.584. The summed E-state index contributed by atoms with van der Waals surface area (Å²) in [6.07, 6.45) is 0. The van der Waals surface area contributed by atoms with E-state index in [0.717, 1.165) is 4.47 Å². The van der Waals surface area contributed by atoms with E-state index in [1.165, 1.54) is 12.1 Å². The topological polar surface area (TPSA) is 72.2 Å². The fourth-order valence-corrected chi connectivity index (χ4v) is 1.58. The fraction of sp³-hybridized carbons (Fsp3) is 0. The lowest BCUT2D eigenvalue weighted by Gasteiger charge is -2.00. The molecular formula is C6H7BrN2O2S. The van der Waals surface area contributed by atoms with Crippen molar-refractivity contribution in [3.05, 3.63) is 28.7 Å². The molecule has 0 fully saturated rings. The van der Waals surface area contributed by atoms with Gasteiger partial charge in [0, 0.05) is 4.47 Å². The predicted molar refractivity (Wildman–Crippen MR) is 48.7 cm³/mol. The van der Waals surface area contributed by atoms with Gasteiger partial charge in [-0.1, -0.05) is 15.9 Å². The predicted octanol–water partition coefficient (Wildman–Crippen LogP) is 0.601. The molecule has 0 saturated heterocycles.